The molecule has 1 aromatic heterocycles. The molecule has 1 heterocycles. The number of hydrogen-bond donors (Lipinski definition) is 2. The lowest BCUT2D eigenvalue weighted by atomic mass is 10.1. The summed E-state index contributed by atoms with van der Waals surface area (Å²) in [5, 5.41) is 10.0. The molecule has 0 atom stereocenters. The molecule has 92 valence electrons. The number of hydrogen-bond acceptors (Lipinski definition) is 5. The monoisotopic (exact) mass is 244 g/mol. The molecular weight excluding hydrogens is 232 g/mol. The molecule has 0 saturated heterocycles. The molecule has 0 spiro atoms. The van der Waals surface area contributed by atoms with Crippen LogP contribution >= 0.6 is 0 Å². The predicted octanol–water partition coefficient (Wildman–Crippen LogP) is 1.32. The molecule has 0 aliphatic heterocycles. The second kappa shape index (κ2) is 5.13. The maximum absolute atomic E-state index is 12.0. The van der Waals surface area contributed by atoms with Crippen LogP contribution in [0.15, 0.2) is 36.5 Å². The molecule has 1 amide bonds. The van der Waals surface area contributed by atoms with Crippen LogP contribution in [0.2, 0.25) is 0 Å². The Morgan fingerprint density at radius 3 is 2.83 bits per heavy atom. The Labute approximate surface area is 104 Å². The Hall–Kier alpha value is -2.63. The molecule has 0 radical (unpaired) electrons. The molecule has 6 nitrogen and oxygen atoms in total. The highest BCUT2D eigenvalue weighted by Crippen LogP contribution is 2.25. The Morgan fingerprint density at radius 1 is 1.33 bits per heavy atom. The zero-order chi connectivity index (χ0) is 13.0. The van der Waals surface area contributed by atoms with Crippen LogP contribution in [0.25, 0.3) is 0 Å². The van der Waals surface area contributed by atoms with Crippen LogP contribution in [-0.4, -0.2) is 23.2 Å². The molecule has 0 aliphatic rings. The van der Waals surface area contributed by atoms with Gasteiger partial charge in [0.05, 0.1) is 18.4 Å². The Morgan fingerprint density at radius 2 is 2.17 bits per heavy atom. The van der Waals surface area contributed by atoms with Crippen LogP contribution in [-0.2, 0) is 0 Å². The molecule has 18 heavy (non-hydrogen) atoms. The number of amides is 1. The Kier molecular flexibility index (Phi) is 3.38. The number of nitrogens with two attached hydrogens (primary N) is 1. The van der Waals surface area contributed by atoms with E-state index in [9.17, 15) is 4.79 Å². The van der Waals surface area contributed by atoms with Crippen molar-refractivity contribution >= 4 is 17.4 Å². The van der Waals surface area contributed by atoms with Gasteiger partial charge in [0.2, 0.25) is 0 Å². The predicted molar refractivity (Wildman–Crippen MR) is 67.4 cm³/mol. The van der Waals surface area contributed by atoms with Crippen molar-refractivity contribution in [1.29, 1.82) is 0 Å². The molecular formula is C12H12N4O2. The van der Waals surface area contributed by atoms with Crippen molar-refractivity contribution in [3.05, 3.63) is 42.1 Å². The van der Waals surface area contributed by atoms with Gasteiger partial charge in [-0.3, -0.25) is 4.79 Å². The fourth-order valence-electron chi connectivity index (χ4n) is 1.47. The highest BCUT2D eigenvalue weighted by Gasteiger charge is 2.13. The van der Waals surface area contributed by atoms with Gasteiger partial charge in [-0.15, -0.1) is 5.10 Å². The molecule has 2 rings (SSSR count). The van der Waals surface area contributed by atoms with Gasteiger partial charge in [0.1, 0.15) is 5.75 Å². The summed E-state index contributed by atoms with van der Waals surface area (Å²) < 4.78 is 5.05. The average Bonchev–Trinajstić information content (AvgIpc) is 2.40. The minimum absolute atomic E-state index is 0.293. The first-order chi connectivity index (χ1) is 8.72. The van der Waals surface area contributed by atoms with E-state index in [1.807, 2.05) is 0 Å². The summed E-state index contributed by atoms with van der Waals surface area (Å²) in [7, 11) is 1.50. The van der Waals surface area contributed by atoms with Crippen molar-refractivity contribution in [2.75, 3.05) is 18.2 Å². The summed E-state index contributed by atoms with van der Waals surface area (Å²) in [5.41, 5.74) is 6.45. The van der Waals surface area contributed by atoms with E-state index >= 15 is 0 Å². The van der Waals surface area contributed by atoms with E-state index in [2.05, 4.69) is 15.5 Å². The topological polar surface area (TPSA) is 90.1 Å². The van der Waals surface area contributed by atoms with Gasteiger partial charge in [0.15, 0.2) is 5.82 Å². The van der Waals surface area contributed by atoms with Crippen LogP contribution < -0.4 is 15.8 Å². The quantitative estimate of drug-likeness (QED) is 0.795. The molecule has 1 aromatic carbocycles. The second-order valence-corrected chi connectivity index (χ2v) is 3.48. The number of anilines is 2. The molecule has 3 N–H and O–H groups in total. The van der Waals surface area contributed by atoms with E-state index in [1.165, 1.54) is 13.3 Å². The molecule has 0 fully saturated rings. The highest BCUT2D eigenvalue weighted by atomic mass is 16.5. The largest absolute Gasteiger partial charge is 0.495 e. The van der Waals surface area contributed by atoms with Gasteiger partial charge in [-0.25, -0.2) is 0 Å². The summed E-state index contributed by atoms with van der Waals surface area (Å²) in [6.45, 7) is 0. The number of nitrogen functional groups attached to an aromatic ring is 1. The van der Waals surface area contributed by atoms with Crippen molar-refractivity contribution in [2.45, 2.75) is 0 Å². The summed E-state index contributed by atoms with van der Waals surface area (Å²) in [4.78, 5) is 12.0. The normalized spacial score (nSPS) is 9.83. The van der Waals surface area contributed by atoms with Gasteiger partial charge in [0.25, 0.3) is 5.91 Å². The molecule has 2 aromatic rings. The van der Waals surface area contributed by atoms with Crippen LogP contribution in [0.3, 0.4) is 0 Å². The summed E-state index contributed by atoms with van der Waals surface area (Å²) in [6.07, 6.45) is 1.52. The second-order valence-electron chi connectivity index (χ2n) is 3.48. The van der Waals surface area contributed by atoms with Gasteiger partial charge < -0.3 is 15.8 Å². The van der Waals surface area contributed by atoms with E-state index in [4.69, 9.17) is 10.5 Å². The number of benzene rings is 1. The lowest BCUT2D eigenvalue weighted by Crippen LogP contribution is -2.15. The molecule has 0 saturated carbocycles. The average molecular weight is 244 g/mol. The van der Waals surface area contributed by atoms with Gasteiger partial charge in [0, 0.05) is 6.20 Å². The lowest BCUT2D eigenvalue weighted by Gasteiger charge is -2.09. The van der Waals surface area contributed by atoms with E-state index in [0.717, 1.165) is 0 Å². The summed E-state index contributed by atoms with van der Waals surface area (Å²) >= 11 is 0. The zero-order valence-electron chi connectivity index (χ0n) is 9.75. The van der Waals surface area contributed by atoms with Crippen molar-refractivity contribution < 1.29 is 9.53 Å². The van der Waals surface area contributed by atoms with E-state index in [1.54, 1.807) is 30.3 Å². The fourth-order valence-corrected chi connectivity index (χ4v) is 1.47. The number of methoxy groups -OCH3 is 1. The fraction of sp³-hybridized carbons (Fsp3) is 0.0833. The molecule has 6 heteroatoms. The van der Waals surface area contributed by atoms with Crippen molar-refractivity contribution in [3.8, 4) is 5.75 Å². The maximum Gasteiger partial charge on any atom is 0.259 e. The van der Waals surface area contributed by atoms with E-state index in [-0.39, 0.29) is 5.91 Å². The number of para-hydroxylation sites is 1. The van der Waals surface area contributed by atoms with Gasteiger partial charge in [-0.1, -0.05) is 6.07 Å². The number of nitrogens with zero attached hydrogens (tertiary/aromatic N) is 2. The smallest absolute Gasteiger partial charge is 0.259 e. The highest BCUT2D eigenvalue weighted by molar-refractivity contribution is 6.08. The molecule has 0 bridgehead atoms. The van der Waals surface area contributed by atoms with E-state index in [0.29, 0.717) is 22.8 Å². The summed E-state index contributed by atoms with van der Waals surface area (Å²) in [5.74, 6) is 0.471. The SMILES string of the molecule is COc1cccc(C(=O)Nc2cccnn2)c1N. The van der Waals surface area contributed by atoms with Gasteiger partial charge in [-0.2, -0.15) is 5.10 Å². The van der Waals surface area contributed by atoms with Crippen molar-refractivity contribution in [3.63, 3.8) is 0 Å². The third kappa shape index (κ3) is 2.37. The Balaban J connectivity index is 2.24. The zero-order valence-corrected chi connectivity index (χ0v) is 9.75. The Bertz CT molecular complexity index is 557. The minimum Gasteiger partial charge on any atom is -0.495 e. The first kappa shape index (κ1) is 11.8. The number of carbonyl (C=O) groups is 1. The van der Waals surface area contributed by atoms with Crippen molar-refractivity contribution in [1.82, 2.24) is 10.2 Å². The molecule has 0 unspecified atom stereocenters. The number of rotatable bonds is 3. The van der Waals surface area contributed by atoms with Crippen LogP contribution in [0, 0.1) is 0 Å². The number of nitrogens with one attached hydrogen (secondary N) is 1. The first-order valence-corrected chi connectivity index (χ1v) is 5.24. The van der Waals surface area contributed by atoms with Gasteiger partial charge >= 0.3 is 0 Å². The minimum atomic E-state index is -0.355. The lowest BCUT2D eigenvalue weighted by molar-refractivity contribution is 0.102. The van der Waals surface area contributed by atoms with Gasteiger partial charge in [-0.05, 0) is 24.3 Å². The van der Waals surface area contributed by atoms with E-state index < -0.39 is 0 Å². The number of aromatic nitrogens is 2. The summed E-state index contributed by atoms with van der Waals surface area (Å²) in [6, 6.07) is 8.32. The number of ether oxygens (including phenoxy) is 1. The third-order valence-electron chi connectivity index (χ3n) is 2.34. The van der Waals surface area contributed by atoms with Crippen molar-refractivity contribution in [2.24, 2.45) is 0 Å². The van der Waals surface area contributed by atoms with Crippen LogP contribution in [0.4, 0.5) is 11.5 Å². The standard InChI is InChI=1S/C12H12N4O2/c1-18-9-5-2-4-8(11(9)13)12(17)15-10-6-3-7-14-16-10/h2-7H,13H2,1H3,(H,15,16,17). The number of carbonyl (C=O) groups excluding carboxylic acids is 1. The maximum atomic E-state index is 12.0. The van der Waals surface area contributed by atoms with Crippen LogP contribution in [0.1, 0.15) is 10.4 Å². The third-order valence-corrected chi connectivity index (χ3v) is 2.34. The first-order valence-electron chi connectivity index (χ1n) is 5.24. The molecule has 0 aliphatic carbocycles. The van der Waals surface area contributed by atoms with Crippen LogP contribution in [0.5, 0.6) is 5.75 Å².